The van der Waals surface area contributed by atoms with E-state index in [2.05, 4.69) is 31.1 Å². The fourth-order valence-corrected chi connectivity index (χ4v) is 1.36. The predicted octanol–water partition coefficient (Wildman–Crippen LogP) is 1.99. The minimum Gasteiger partial charge on any atom is -0.397 e. The summed E-state index contributed by atoms with van der Waals surface area (Å²) >= 11 is 0. The largest absolute Gasteiger partial charge is 0.397 e. The number of aromatic nitrogens is 1. The van der Waals surface area contributed by atoms with Crippen molar-refractivity contribution in [2.45, 2.75) is 27.7 Å². The number of amides is 1. The summed E-state index contributed by atoms with van der Waals surface area (Å²) in [4.78, 5) is 16.0. The summed E-state index contributed by atoms with van der Waals surface area (Å²) in [6.45, 7) is 8.88. The number of carbonyl (C=O) groups excluding carboxylic acids is 1. The maximum Gasteiger partial charge on any atom is 0.253 e. The highest BCUT2D eigenvalue weighted by molar-refractivity contribution is 5.95. The maximum absolute atomic E-state index is 11.9. The molecule has 1 unspecified atom stereocenters. The Balaban J connectivity index is 2.67. The van der Waals surface area contributed by atoms with Gasteiger partial charge in [-0.1, -0.05) is 20.8 Å². The van der Waals surface area contributed by atoms with Crippen LogP contribution in [0.2, 0.25) is 0 Å². The first-order valence-corrected chi connectivity index (χ1v) is 5.92. The summed E-state index contributed by atoms with van der Waals surface area (Å²) < 4.78 is 0. The van der Waals surface area contributed by atoms with Gasteiger partial charge in [-0.3, -0.25) is 9.78 Å². The third-order valence-corrected chi connectivity index (χ3v) is 3.08. The quantitative estimate of drug-likeness (QED) is 0.838. The molecule has 0 radical (unpaired) electrons. The minimum atomic E-state index is -0.102. The molecule has 0 spiro atoms. The number of rotatable bonds is 4. The van der Waals surface area contributed by atoms with Crippen molar-refractivity contribution in [3.05, 3.63) is 23.5 Å². The van der Waals surface area contributed by atoms with Gasteiger partial charge < -0.3 is 11.1 Å². The zero-order valence-corrected chi connectivity index (χ0v) is 10.9. The fraction of sp³-hybridized carbons (Fsp3) is 0.538. The van der Waals surface area contributed by atoms with Gasteiger partial charge >= 0.3 is 0 Å². The molecule has 0 aliphatic heterocycles. The van der Waals surface area contributed by atoms with Crippen LogP contribution in [0.15, 0.2) is 12.3 Å². The lowest BCUT2D eigenvalue weighted by atomic mass is 9.98. The van der Waals surface area contributed by atoms with Crippen LogP contribution in [-0.4, -0.2) is 17.4 Å². The molecule has 0 aliphatic carbocycles. The average molecular weight is 235 g/mol. The highest BCUT2D eigenvalue weighted by Crippen LogP contribution is 2.11. The second-order valence-electron chi connectivity index (χ2n) is 4.83. The molecular weight excluding hydrogens is 214 g/mol. The zero-order valence-electron chi connectivity index (χ0n) is 10.9. The number of nitrogens with two attached hydrogens (primary N) is 1. The fourth-order valence-electron chi connectivity index (χ4n) is 1.36. The molecule has 0 aromatic carbocycles. The molecule has 1 aromatic heterocycles. The molecule has 17 heavy (non-hydrogen) atoms. The highest BCUT2D eigenvalue weighted by atomic mass is 16.1. The van der Waals surface area contributed by atoms with Crippen LogP contribution in [0, 0.1) is 18.8 Å². The number of carbonyl (C=O) groups is 1. The van der Waals surface area contributed by atoms with Crippen LogP contribution in [-0.2, 0) is 0 Å². The van der Waals surface area contributed by atoms with Gasteiger partial charge in [0.25, 0.3) is 5.91 Å². The van der Waals surface area contributed by atoms with Gasteiger partial charge in [0.15, 0.2) is 0 Å². The van der Waals surface area contributed by atoms with E-state index in [9.17, 15) is 4.79 Å². The maximum atomic E-state index is 11.9. The molecule has 4 heteroatoms. The Morgan fingerprint density at radius 2 is 2.12 bits per heavy atom. The van der Waals surface area contributed by atoms with E-state index in [0.29, 0.717) is 35.3 Å². The summed E-state index contributed by atoms with van der Waals surface area (Å²) in [5.74, 6) is 0.901. The number of nitrogen functional groups attached to an aromatic ring is 1. The summed E-state index contributed by atoms with van der Waals surface area (Å²) in [6.07, 6.45) is 1.56. The summed E-state index contributed by atoms with van der Waals surface area (Å²) in [5, 5.41) is 2.91. The standard InChI is InChI=1S/C13H21N3O/c1-8(2)9(3)6-16-13(17)12-5-11(14)7-15-10(12)4/h5,7-9H,6,14H2,1-4H3,(H,16,17). The smallest absolute Gasteiger partial charge is 0.253 e. The Bertz CT molecular complexity index is 402. The zero-order chi connectivity index (χ0) is 13.0. The molecule has 0 saturated heterocycles. The Morgan fingerprint density at radius 1 is 1.47 bits per heavy atom. The first-order valence-electron chi connectivity index (χ1n) is 5.92. The number of nitrogens with one attached hydrogen (secondary N) is 1. The van der Waals surface area contributed by atoms with E-state index in [0.717, 1.165) is 0 Å². The first kappa shape index (κ1) is 13.5. The third kappa shape index (κ3) is 3.73. The van der Waals surface area contributed by atoms with Gasteiger partial charge in [0, 0.05) is 6.54 Å². The SMILES string of the molecule is Cc1ncc(N)cc1C(=O)NCC(C)C(C)C. The molecule has 1 heterocycles. The monoisotopic (exact) mass is 235 g/mol. The molecule has 0 bridgehead atoms. The molecule has 94 valence electrons. The number of hydrogen-bond acceptors (Lipinski definition) is 3. The molecule has 1 amide bonds. The van der Waals surface area contributed by atoms with E-state index >= 15 is 0 Å². The minimum absolute atomic E-state index is 0.102. The van der Waals surface area contributed by atoms with Crippen molar-refractivity contribution in [2.24, 2.45) is 11.8 Å². The van der Waals surface area contributed by atoms with Crippen molar-refractivity contribution >= 4 is 11.6 Å². The Morgan fingerprint density at radius 3 is 2.71 bits per heavy atom. The Kier molecular flexibility index (Phi) is 4.49. The van der Waals surface area contributed by atoms with E-state index < -0.39 is 0 Å². The predicted molar refractivity (Wildman–Crippen MR) is 69.7 cm³/mol. The van der Waals surface area contributed by atoms with Gasteiger partial charge in [0.2, 0.25) is 0 Å². The van der Waals surface area contributed by atoms with Crippen LogP contribution in [0.3, 0.4) is 0 Å². The summed E-state index contributed by atoms with van der Waals surface area (Å²) in [5.41, 5.74) is 7.40. The number of hydrogen-bond donors (Lipinski definition) is 2. The average Bonchev–Trinajstić information content (AvgIpc) is 2.28. The van der Waals surface area contributed by atoms with Gasteiger partial charge in [-0.05, 0) is 24.8 Å². The van der Waals surface area contributed by atoms with E-state index in [-0.39, 0.29) is 5.91 Å². The molecule has 0 fully saturated rings. The second-order valence-corrected chi connectivity index (χ2v) is 4.83. The number of pyridine rings is 1. The third-order valence-electron chi connectivity index (χ3n) is 3.08. The molecule has 3 N–H and O–H groups in total. The van der Waals surface area contributed by atoms with Gasteiger partial charge in [-0.15, -0.1) is 0 Å². The van der Waals surface area contributed by atoms with E-state index in [1.54, 1.807) is 19.2 Å². The first-order chi connectivity index (χ1) is 7.91. The van der Waals surface area contributed by atoms with Crippen molar-refractivity contribution in [1.29, 1.82) is 0 Å². The summed E-state index contributed by atoms with van der Waals surface area (Å²) in [7, 11) is 0. The van der Waals surface area contributed by atoms with Crippen LogP contribution >= 0.6 is 0 Å². The highest BCUT2D eigenvalue weighted by Gasteiger charge is 2.13. The van der Waals surface area contributed by atoms with Gasteiger partial charge in [-0.25, -0.2) is 0 Å². The van der Waals surface area contributed by atoms with Crippen molar-refractivity contribution in [1.82, 2.24) is 10.3 Å². The van der Waals surface area contributed by atoms with Crippen molar-refractivity contribution in [3.8, 4) is 0 Å². The van der Waals surface area contributed by atoms with Gasteiger partial charge in [-0.2, -0.15) is 0 Å². The van der Waals surface area contributed by atoms with Crippen LogP contribution in [0.1, 0.15) is 36.8 Å². The van der Waals surface area contributed by atoms with Crippen LogP contribution in [0.4, 0.5) is 5.69 Å². The molecular formula is C13H21N3O. The van der Waals surface area contributed by atoms with Crippen molar-refractivity contribution in [2.75, 3.05) is 12.3 Å². The van der Waals surface area contributed by atoms with Crippen LogP contribution < -0.4 is 11.1 Å². The van der Waals surface area contributed by atoms with E-state index in [1.165, 1.54) is 0 Å². The topological polar surface area (TPSA) is 68.0 Å². The molecule has 1 rings (SSSR count). The normalized spacial score (nSPS) is 12.5. The van der Waals surface area contributed by atoms with E-state index in [4.69, 9.17) is 5.73 Å². The van der Waals surface area contributed by atoms with Gasteiger partial charge in [0.05, 0.1) is 23.1 Å². The Hall–Kier alpha value is -1.58. The van der Waals surface area contributed by atoms with Crippen molar-refractivity contribution in [3.63, 3.8) is 0 Å². The second kappa shape index (κ2) is 5.66. The lowest BCUT2D eigenvalue weighted by Gasteiger charge is -2.16. The van der Waals surface area contributed by atoms with E-state index in [1.807, 2.05) is 0 Å². The molecule has 1 atom stereocenters. The molecule has 0 aliphatic rings. The molecule has 4 nitrogen and oxygen atoms in total. The number of aryl methyl sites for hydroxylation is 1. The summed E-state index contributed by atoms with van der Waals surface area (Å²) in [6, 6.07) is 1.66. The molecule has 0 saturated carbocycles. The lowest BCUT2D eigenvalue weighted by molar-refractivity contribution is 0.0944. The van der Waals surface area contributed by atoms with Crippen LogP contribution in [0.5, 0.6) is 0 Å². The van der Waals surface area contributed by atoms with Gasteiger partial charge in [0.1, 0.15) is 0 Å². The van der Waals surface area contributed by atoms with Crippen molar-refractivity contribution < 1.29 is 4.79 Å². The number of anilines is 1. The lowest BCUT2D eigenvalue weighted by Crippen LogP contribution is -2.30. The molecule has 1 aromatic rings. The van der Waals surface area contributed by atoms with Crippen LogP contribution in [0.25, 0.3) is 0 Å². The number of nitrogens with zero attached hydrogens (tertiary/aromatic N) is 1. The Labute approximate surface area is 103 Å².